The molecule has 43 heavy (non-hydrogen) atoms. The lowest BCUT2D eigenvalue weighted by Crippen LogP contribution is -2.52. The number of hydrogen-bond donors (Lipinski definition) is 2. The molecule has 0 aliphatic carbocycles. The molecule has 0 unspecified atom stereocenters. The molecular formula is C32H49N5O6. The van der Waals surface area contributed by atoms with Crippen molar-refractivity contribution < 1.29 is 28.7 Å². The predicted octanol–water partition coefficient (Wildman–Crippen LogP) is 1.53. The number of benzene rings is 1. The molecule has 2 N–H and O–H groups in total. The number of carbonyl (C=O) groups is 4. The molecule has 11 heteroatoms. The van der Waals surface area contributed by atoms with Crippen molar-refractivity contribution in [2.24, 2.45) is 11.8 Å². The van der Waals surface area contributed by atoms with Crippen LogP contribution in [0.15, 0.2) is 30.3 Å². The Morgan fingerprint density at radius 1 is 0.837 bits per heavy atom. The van der Waals surface area contributed by atoms with Crippen LogP contribution in [0.2, 0.25) is 0 Å². The number of hydrogen-bond acceptors (Lipinski definition) is 7. The number of likely N-dealkylation sites (tertiary alicyclic amines) is 2. The van der Waals surface area contributed by atoms with Crippen LogP contribution in [0.1, 0.15) is 56.3 Å². The highest BCUT2D eigenvalue weighted by Crippen LogP contribution is 2.30. The van der Waals surface area contributed by atoms with Gasteiger partial charge in [-0.3, -0.25) is 19.2 Å². The zero-order valence-corrected chi connectivity index (χ0v) is 25.8. The molecule has 0 aromatic heterocycles. The molecule has 0 spiro atoms. The van der Waals surface area contributed by atoms with Crippen molar-refractivity contribution in [2.45, 2.75) is 58.0 Å². The number of nitrogens with zero attached hydrogens (tertiary/aromatic N) is 3. The van der Waals surface area contributed by atoms with Crippen molar-refractivity contribution >= 4 is 23.6 Å². The lowest BCUT2D eigenvalue weighted by atomic mass is 9.80. The number of piperidine rings is 2. The third kappa shape index (κ3) is 10.0. The smallest absolute Gasteiger partial charge is 0.253 e. The minimum Gasteiger partial charge on any atom is -0.377 e. The summed E-state index contributed by atoms with van der Waals surface area (Å²) in [6, 6.07) is 9.47. The van der Waals surface area contributed by atoms with Crippen LogP contribution in [0.4, 0.5) is 0 Å². The molecule has 1 aromatic rings. The number of fused-ring (bicyclic) bond motifs is 1. The highest BCUT2D eigenvalue weighted by atomic mass is 16.5. The van der Waals surface area contributed by atoms with Crippen molar-refractivity contribution in [2.75, 3.05) is 72.2 Å². The highest BCUT2D eigenvalue weighted by Gasteiger charge is 2.33. The standard InChI is InChI=1S/C32H49N5O6/c1-24(2)36-14-9-26-20-29(38)34-13-17-42-18-19-43-23-31(40)37(22-30(39)33-12-8-27(26)21-36)28-10-15-35(16-11-28)32(41)25-6-4-3-5-7-25/h3-7,24,26-28H,8-23H2,1-2H3,(H,33,39)(H,34,38)/t26-,27-/m0/s1. The zero-order valence-electron chi connectivity index (χ0n) is 25.8. The first-order valence-corrected chi connectivity index (χ1v) is 15.9. The van der Waals surface area contributed by atoms with Crippen LogP contribution in [0, 0.1) is 11.8 Å². The van der Waals surface area contributed by atoms with Gasteiger partial charge in [0.1, 0.15) is 6.61 Å². The maximum atomic E-state index is 13.3. The first-order chi connectivity index (χ1) is 20.8. The molecular weight excluding hydrogens is 550 g/mol. The summed E-state index contributed by atoms with van der Waals surface area (Å²) >= 11 is 0. The van der Waals surface area contributed by atoms with Gasteiger partial charge >= 0.3 is 0 Å². The van der Waals surface area contributed by atoms with Crippen molar-refractivity contribution in [1.82, 2.24) is 25.3 Å². The van der Waals surface area contributed by atoms with Crippen LogP contribution in [-0.2, 0) is 23.9 Å². The van der Waals surface area contributed by atoms with E-state index in [1.807, 2.05) is 35.2 Å². The topological polar surface area (TPSA) is 121 Å². The fraction of sp³-hybridized carbons (Fsp3) is 0.688. The van der Waals surface area contributed by atoms with E-state index in [1.54, 1.807) is 4.90 Å². The van der Waals surface area contributed by atoms with Crippen LogP contribution < -0.4 is 10.6 Å². The maximum Gasteiger partial charge on any atom is 0.253 e. The number of nitrogens with one attached hydrogen (secondary N) is 2. The maximum absolute atomic E-state index is 13.3. The van der Waals surface area contributed by atoms with Gasteiger partial charge in [0.15, 0.2) is 0 Å². The summed E-state index contributed by atoms with van der Waals surface area (Å²) in [5.74, 6) is 0.114. The molecule has 4 amide bonds. The third-order valence-corrected chi connectivity index (χ3v) is 8.95. The summed E-state index contributed by atoms with van der Waals surface area (Å²) in [5.41, 5.74) is 0.649. The van der Waals surface area contributed by atoms with Gasteiger partial charge in [0, 0.05) is 56.8 Å². The molecule has 3 aliphatic rings. The first kappa shape index (κ1) is 32.9. The fourth-order valence-electron chi connectivity index (χ4n) is 6.38. The molecule has 3 aliphatic heterocycles. The normalized spacial score (nSPS) is 25.2. The van der Waals surface area contributed by atoms with Crippen LogP contribution in [0.5, 0.6) is 0 Å². The predicted molar refractivity (Wildman–Crippen MR) is 162 cm³/mol. The van der Waals surface area contributed by atoms with Crippen LogP contribution >= 0.6 is 0 Å². The number of carbonyl (C=O) groups excluding carboxylic acids is 4. The second kappa shape index (κ2) is 16.7. The van der Waals surface area contributed by atoms with E-state index < -0.39 is 0 Å². The van der Waals surface area contributed by atoms with Crippen molar-refractivity contribution in [3.63, 3.8) is 0 Å². The Morgan fingerprint density at radius 3 is 2.30 bits per heavy atom. The zero-order chi connectivity index (χ0) is 30.6. The second-order valence-electron chi connectivity index (χ2n) is 12.2. The number of rotatable bonds is 3. The molecule has 11 nitrogen and oxygen atoms in total. The average molecular weight is 600 g/mol. The molecule has 2 atom stereocenters. The van der Waals surface area contributed by atoms with Crippen LogP contribution in [-0.4, -0.2) is 123 Å². The monoisotopic (exact) mass is 599 g/mol. The molecule has 0 bridgehead atoms. The fourth-order valence-corrected chi connectivity index (χ4v) is 6.38. The molecule has 3 saturated heterocycles. The summed E-state index contributed by atoms with van der Waals surface area (Å²) in [7, 11) is 0. The van der Waals surface area contributed by atoms with Gasteiger partial charge in [0.05, 0.1) is 26.4 Å². The quantitative estimate of drug-likeness (QED) is 0.541. The molecule has 0 radical (unpaired) electrons. The van der Waals surface area contributed by atoms with Crippen LogP contribution in [0.3, 0.4) is 0 Å². The Morgan fingerprint density at radius 2 is 1.56 bits per heavy atom. The van der Waals surface area contributed by atoms with E-state index in [2.05, 4.69) is 29.4 Å². The van der Waals surface area contributed by atoms with Gasteiger partial charge < -0.3 is 34.8 Å². The largest absolute Gasteiger partial charge is 0.377 e. The summed E-state index contributed by atoms with van der Waals surface area (Å²) in [5, 5.41) is 6.01. The van der Waals surface area contributed by atoms with E-state index in [4.69, 9.17) is 9.47 Å². The van der Waals surface area contributed by atoms with Gasteiger partial charge in [-0.25, -0.2) is 0 Å². The molecule has 3 fully saturated rings. The Bertz CT molecular complexity index is 1060. The second-order valence-corrected chi connectivity index (χ2v) is 12.2. The average Bonchev–Trinajstić information content (AvgIpc) is 3.01. The third-order valence-electron chi connectivity index (χ3n) is 8.95. The van der Waals surface area contributed by atoms with Gasteiger partial charge in [-0.2, -0.15) is 0 Å². The van der Waals surface area contributed by atoms with E-state index in [-0.39, 0.29) is 61.3 Å². The molecule has 3 heterocycles. The molecule has 1 aromatic carbocycles. The highest BCUT2D eigenvalue weighted by molar-refractivity contribution is 5.94. The van der Waals surface area contributed by atoms with Gasteiger partial charge in [0.25, 0.3) is 5.91 Å². The van der Waals surface area contributed by atoms with Gasteiger partial charge in [-0.1, -0.05) is 18.2 Å². The summed E-state index contributed by atoms with van der Waals surface area (Å²) < 4.78 is 11.2. The Hall–Kier alpha value is -3.02. The van der Waals surface area contributed by atoms with Crippen molar-refractivity contribution in [3.8, 4) is 0 Å². The first-order valence-electron chi connectivity index (χ1n) is 15.9. The Balaban J connectivity index is 1.38. The van der Waals surface area contributed by atoms with Crippen molar-refractivity contribution in [3.05, 3.63) is 35.9 Å². The van der Waals surface area contributed by atoms with Gasteiger partial charge in [-0.05, 0) is 70.0 Å². The van der Waals surface area contributed by atoms with Crippen LogP contribution in [0.25, 0.3) is 0 Å². The lowest BCUT2D eigenvalue weighted by Gasteiger charge is -2.40. The van der Waals surface area contributed by atoms with E-state index >= 15 is 0 Å². The SMILES string of the molecule is CC(C)N1CC[C@H]2CC(=O)NCCOCCOCC(=O)N(C3CCN(C(=O)c4ccccc4)CC3)CC(=O)NCC[C@H]2C1. The van der Waals surface area contributed by atoms with Crippen molar-refractivity contribution in [1.29, 1.82) is 0 Å². The van der Waals surface area contributed by atoms with Gasteiger partial charge in [-0.15, -0.1) is 0 Å². The molecule has 238 valence electrons. The van der Waals surface area contributed by atoms with E-state index in [1.165, 1.54) is 0 Å². The lowest BCUT2D eigenvalue weighted by molar-refractivity contribution is -0.143. The summed E-state index contributed by atoms with van der Waals surface area (Å²) in [4.78, 5) is 57.9. The molecule has 0 saturated carbocycles. The van der Waals surface area contributed by atoms with E-state index in [9.17, 15) is 19.2 Å². The number of ether oxygens (including phenoxy) is 2. The van der Waals surface area contributed by atoms with E-state index in [0.29, 0.717) is 70.3 Å². The van der Waals surface area contributed by atoms with Gasteiger partial charge in [0.2, 0.25) is 17.7 Å². The number of amides is 4. The summed E-state index contributed by atoms with van der Waals surface area (Å²) in [6.45, 7) is 8.92. The Labute approximate surface area is 255 Å². The minimum atomic E-state index is -0.243. The summed E-state index contributed by atoms with van der Waals surface area (Å²) in [6.07, 6.45) is 3.38. The molecule has 4 rings (SSSR count). The Kier molecular flexibility index (Phi) is 12.8. The minimum absolute atomic E-state index is 0.0177. The van der Waals surface area contributed by atoms with E-state index in [0.717, 1.165) is 25.9 Å².